The summed E-state index contributed by atoms with van der Waals surface area (Å²) in [5.74, 6) is 0.159. The lowest BCUT2D eigenvalue weighted by Crippen LogP contribution is -1.84. The monoisotopic (exact) mass is 217 g/mol. The maximum atomic E-state index is 9.62. The first-order valence-corrected chi connectivity index (χ1v) is 4.86. The average molecular weight is 218 g/mol. The van der Waals surface area contributed by atoms with Gasteiger partial charge in [-0.1, -0.05) is 17.7 Å². The minimum atomic E-state index is 0.159. The smallest absolute Gasteiger partial charge is 0.120 e. The maximum absolute atomic E-state index is 9.62. The van der Waals surface area contributed by atoms with Gasteiger partial charge in [0.25, 0.3) is 0 Å². The van der Waals surface area contributed by atoms with Crippen LogP contribution in [-0.4, -0.2) is 5.11 Å². The van der Waals surface area contributed by atoms with Crippen molar-refractivity contribution in [3.8, 4) is 11.8 Å². The lowest BCUT2D eigenvalue weighted by atomic mass is 10.0. The van der Waals surface area contributed by atoms with E-state index in [9.17, 15) is 5.11 Å². The Morgan fingerprint density at radius 1 is 1.20 bits per heavy atom. The van der Waals surface area contributed by atoms with Crippen LogP contribution in [-0.2, 0) is 6.42 Å². The largest absolute Gasteiger partial charge is 0.508 e. The zero-order chi connectivity index (χ0) is 10.8. The molecule has 0 aliphatic rings. The molecule has 2 aromatic carbocycles. The predicted octanol–water partition coefficient (Wildman–Crippen LogP) is 3.26. The van der Waals surface area contributed by atoms with Gasteiger partial charge in [-0.2, -0.15) is 5.26 Å². The summed E-state index contributed by atoms with van der Waals surface area (Å²) < 4.78 is 0. The number of nitriles is 1. The van der Waals surface area contributed by atoms with Gasteiger partial charge in [0.1, 0.15) is 5.75 Å². The summed E-state index contributed by atoms with van der Waals surface area (Å²) in [6.45, 7) is 0. The van der Waals surface area contributed by atoms with E-state index in [-0.39, 0.29) is 12.2 Å². The fourth-order valence-corrected chi connectivity index (χ4v) is 1.71. The molecule has 0 atom stereocenters. The molecule has 0 heterocycles. The van der Waals surface area contributed by atoms with Crippen LogP contribution >= 0.6 is 11.6 Å². The van der Waals surface area contributed by atoms with E-state index in [4.69, 9.17) is 16.9 Å². The van der Waals surface area contributed by atoms with E-state index < -0.39 is 0 Å². The molecule has 0 spiro atoms. The zero-order valence-electron chi connectivity index (χ0n) is 7.87. The van der Waals surface area contributed by atoms with E-state index in [1.54, 1.807) is 18.2 Å². The van der Waals surface area contributed by atoms with Gasteiger partial charge < -0.3 is 5.11 Å². The van der Waals surface area contributed by atoms with Crippen LogP contribution in [0.5, 0.6) is 5.75 Å². The molecule has 0 bridgehead atoms. The Morgan fingerprint density at radius 2 is 2.00 bits per heavy atom. The molecule has 0 aliphatic carbocycles. The zero-order valence-corrected chi connectivity index (χ0v) is 8.62. The lowest BCUT2D eigenvalue weighted by molar-refractivity contribution is 0.471. The Hall–Kier alpha value is -1.72. The molecule has 0 aliphatic heterocycles. The summed E-state index contributed by atoms with van der Waals surface area (Å²) in [5.41, 5.74) is 0.632. The number of phenolic OH excluding ortho intramolecular Hbond substituents is 1. The summed E-state index contributed by atoms with van der Waals surface area (Å²) in [4.78, 5) is 0. The third-order valence-electron chi connectivity index (χ3n) is 2.27. The van der Waals surface area contributed by atoms with Crippen LogP contribution in [0, 0.1) is 11.3 Å². The first kappa shape index (κ1) is 9.82. The Balaban J connectivity index is 2.67. The van der Waals surface area contributed by atoms with Gasteiger partial charge in [-0.3, -0.25) is 0 Å². The second-order valence-corrected chi connectivity index (χ2v) is 3.74. The average Bonchev–Trinajstić information content (AvgIpc) is 2.20. The minimum Gasteiger partial charge on any atom is -0.508 e. The van der Waals surface area contributed by atoms with Gasteiger partial charge >= 0.3 is 0 Å². The fraction of sp³-hybridized carbons (Fsp3) is 0.0833. The number of fused-ring (bicyclic) bond motifs is 1. The number of phenols is 1. The fourth-order valence-electron chi connectivity index (χ4n) is 1.53. The van der Waals surface area contributed by atoms with Crippen molar-refractivity contribution in [1.29, 1.82) is 5.26 Å². The van der Waals surface area contributed by atoms with Crippen molar-refractivity contribution >= 4 is 22.4 Å². The summed E-state index contributed by atoms with van der Waals surface area (Å²) in [6, 6.07) is 10.9. The number of aromatic hydroxyl groups is 1. The van der Waals surface area contributed by atoms with Crippen molar-refractivity contribution in [3.63, 3.8) is 0 Å². The number of halogens is 1. The molecule has 0 fully saturated rings. The van der Waals surface area contributed by atoms with Crippen molar-refractivity contribution in [2.24, 2.45) is 0 Å². The maximum Gasteiger partial charge on any atom is 0.120 e. The highest BCUT2D eigenvalue weighted by Crippen LogP contribution is 2.27. The van der Waals surface area contributed by atoms with Gasteiger partial charge in [-0.05, 0) is 35.0 Å². The number of hydrogen-bond donors (Lipinski definition) is 1. The van der Waals surface area contributed by atoms with Gasteiger partial charge in [0, 0.05) is 10.6 Å². The van der Waals surface area contributed by atoms with E-state index >= 15 is 0 Å². The second-order valence-electron chi connectivity index (χ2n) is 3.31. The second kappa shape index (κ2) is 3.80. The van der Waals surface area contributed by atoms with Crippen LogP contribution in [0.1, 0.15) is 5.56 Å². The molecule has 0 saturated carbocycles. The minimum absolute atomic E-state index is 0.159. The standard InChI is InChI=1S/C12H8ClNO/c13-11-2-1-8-7-12(15)9(3-4-14)5-10(8)6-11/h1-2,5-7,15H,3H2. The predicted molar refractivity (Wildman–Crippen MR) is 59.9 cm³/mol. The van der Waals surface area contributed by atoms with Crippen LogP contribution < -0.4 is 0 Å². The van der Waals surface area contributed by atoms with E-state index in [1.165, 1.54) is 0 Å². The molecular weight excluding hydrogens is 210 g/mol. The molecule has 0 unspecified atom stereocenters. The molecule has 3 heteroatoms. The Labute approximate surface area is 92.3 Å². The third-order valence-corrected chi connectivity index (χ3v) is 2.50. The van der Waals surface area contributed by atoms with Crippen molar-refractivity contribution < 1.29 is 5.11 Å². The molecule has 1 N–H and O–H groups in total. The normalized spacial score (nSPS) is 10.1. The molecule has 0 saturated heterocycles. The van der Waals surface area contributed by atoms with Crippen molar-refractivity contribution in [2.45, 2.75) is 6.42 Å². The molecular formula is C12H8ClNO. The first-order valence-electron chi connectivity index (χ1n) is 4.49. The summed E-state index contributed by atoms with van der Waals surface area (Å²) in [7, 11) is 0. The Bertz CT molecular complexity index is 557. The first-order chi connectivity index (χ1) is 7.20. The van der Waals surface area contributed by atoms with Crippen LogP contribution in [0.4, 0.5) is 0 Å². The molecule has 2 nitrogen and oxygen atoms in total. The van der Waals surface area contributed by atoms with E-state index in [2.05, 4.69) is 0 Å². The van der Waals surface area contributed by atoms with Crippen LogP contribution in [0.2, 0.25) is 5.02 Å². The lowest BCUT2D eigenvalue weighted by Gasteiger charge is -2.04. The molecule has 15 heavy (non-hydrogen) atoms. The van der Waals surface area contributed by atoms with Gasteiger partial charge in [0.2, 0.25) is 0 Å². The quantitative estimate of drug-likeness (QED) is 0.797. The van der Waals surface area contributed by atoms with Gasteiger partial charge in [0.05, 0.1) is 12.5 Å². The highest BCUT2D eigenvalue weighted by atomic mass is 35.5. The number of rotatable bonds is 1. The Kier molecular flexibility index (Phi) is 2.49. The molecule has 2 aromatic rings. The van der Waals surface area contributed by atoms with Crippen molar-refractivity contribution in [2.75, 3.05) is 0 Å². The SMILES string of the molecule is N#CCc1cc2cc(Cl)ccc2cc1O. The van der Waals surface area contributed by atoms with Crippen LogP contribution in [0.25, 0.3) is 10.8 Å². The highest BCUT2D eigenvalue weighted by Gasteiger charge is 2.03. The van der Waals surface area contributed by atoms with Gasteiger partial charge in [0.15, 0.2) is 0 Å². The summed E-state index contributed by atoms with van der Waals surface area (Å²) in [5, 5.41) is 20.7. The van der Waals surface area contributed by atoms with E-state index in [0.717, 1.165) is 10.8 Å². The van der Waals surface area contributed by atoms with Crippen LogP contribution in [0.3, 0.4) is 0 Å². The highest BCUT2D eigenvalue weighted by molar-refractivity contribution is 6.31. The molecule has 74 valence electrons. The molecule has 0 radical (unpaired) electrons. The van der Waals surface area contributed by atoms with Crippen molar-refractivity contribution in [3.05, 3.63) is 40.9 Å². The van der Waals surface area contributed by atoms with E-state index in [1.807, 2.05) is 18.2 Å². The Morgan fingerprint density at radius 3 is 2.73 bits per heavy atom. The van der Waals surface area contributed by atoms with Gasteiger partial charge in [-0.15, -0.1) is 0 Å². The number of hydrogen-bond acceptors (Lipinski definition) is 2. The topological polar surface area (TPSA) is 44.0 Å². The molecule has 0 aromatic heterocycles. The number of nitrogens with zero attached hydrogens (tertiary/aromatic N) is 1. The molecule has 2 rings (SSSR count). The van der Waals surface area contributed by atoms with Gasteiger partial charge in [-0.25, -0.2) is 0 Å². The summed E-state index contributed by atoms with van der Waals surface area (Å²) >= 11 is 5.86. The number of benzene rings is 2. The summed E-state index contributed by atoms with van der Waals surface area (Å²) in [6.07, 6.45) is 0.203. The third kappa shape index (κ3) is 1.88. The van der Waals surface area contributed by atoms with Crippen molar-refractivity contribution in [1.82, 2.24) is 0 Å². The molecule has 0 amide bonds. The van der Waals surface area contributed by atoms with Crippen LogP contribution in [0.15, 0.2) is 30.3 Å². The van der Waals surface area contributed by atoms with E-state index in [0.29, 0.717) is 10.6 Å².